The van der Waals surface area contributed by atoms with Gasteiger partial charge in [-0.15, -0.1) is 6.58 Å². The maximum absolute atomic E-state index is 11.6. The lowest BCUT2D eigenvalue weighted by Gasteiger charge is -2.16. The molecule has 0 saturated heterocycles. The Labute approximate surface area is 112 Å². The summed E-state index contributed by atoms with van der Waals surface area (Å²) in [5, 5.41) is 2.63. The minimum Gasteiger partial charge on any atom is -0.493 e. The molecule has 5 nitrogen and oxygen atoms in total. The van der Waals surface area contributed by atoms with Crippen LogP contribution in [0.5, 0.6) is 11.5 Å². The van der Waals surface area contributed by atoms with Crippen LogP contribution in [-0.4, -0.2) is 32.0 Å². The van der Waals surface area contributed by atoms with Gasteiger partial charge in [-0.2, -0.15) is 0 Å². The van der Waals surface area contributed by atoms with E-state index in [1.54, 1.807) is 31.2 Å². The Bertz CT molecular complexity index is 471. The Morgan fingerprint density at radius 1 is 1.47 bits per heavy atom. The van der Waals surface area contributed by atoms with E-state index in [-0.39, 0.29) is 5.91 Å². The average molecular weight is 263 g/mol. The molecule has 1 rings (SSSR count). The molecule has 0 fully saturated rings. The lowest BCUT2D eigenvalue weighted by atomic mass is 10.2. The highest BCUT2D eigenvalue weighted by molar-refractivity contribution is 5.81. The van der Waals surface area contributed by atoms with Crippen molar-refractivity contribution in [3.8, 4) is 11.5 Å². The molecule has 0 spiro atoms. The number of nitrogens with one attached hydrogen (secondary N) is 1. The third kappa shape index (κ3) is 4.13. The van der Waals surface area contributed by atoms with Crippen LogP contribution in [0.25, 0.3) is 0 Å². The number of rotatable bonds is 7. The van der Waals surface area contributed by atoms with Crippen LogP contribution in [0, 0.1) is 0 Å². The summed E-state index contributed by atoms with van der Waals surface area (Å²) in [7, 11) is 1.47. The number of carbonyl (C=O) groups excluding carboxylic acids is 2. The molecule has 0 aromatic heterocycles. The van der Waals surface area contributed by atoms with Crippen molar-refractivity contribution in [3.63, 3.8) is 0 Å². The van der Waals surface area contributed by atoms with Crippen LogP contribution >= 0.6 is 0 Å². The normalized spacial score (nSPS) is 11.3. The first-order valence-electron chi connectivity index (χ1n) is 5.80. The van der Waals surface area contributed by atoms with Gasteiger partial charge in [0.15, 0.2) is 17.6 Å². The summed E-state index contributed by atoms with van der Waals surface area (Å²) in [5.41, 5.74) is 0.480. The summed E-state index contributed by atoms with van der Waals surface area (Å²) >= 11 is 0. The molecular formula is C14H17NO4. The summed E-state index contributed by atoms with van der Waals surface area (Å²) in [6.07, 6.45) is 1.63. The van der Waals surface area contributed by atoms with E-state index in [4.69, 9.17) is 9.47 Å². The number of methoxy groups -OCH3 is 1. The van der Waals surface area contributed by atoms with Crippen molar-refractivity contribution in [1.29, 1.82) is 0 Å². The van der Waals surface area contributed by atoms with E-state index in [2.05, 4.69) is 11.9 Å². The second kappa shape index (κ2) is 7.20. The molecule has 19 heavy (non-hydrogen) atoms. The zero-order chi connectivity index (χ0) is 14.3. The molecule has 0 aliphatic carbocycles. The fourth-order valence-corrected chi connectivity index (χ4v) is 1.42. The van der Waals surface area contributed by atoms with E-state index in [1.165, 1.54) is 7.11 Å². The lowest BCUT2D eigenvalue weighted by Crippen LogP contribution is -2.36. The quantitative estimate of drug-likeness (QED) is 0.599. The van der Waals surface area contributed by atoms with Gasteiger partial charge in [0.05, 0.1) is 7.11 Å². The maximum atomic E-state index is 11.6. The van der Waals surface area contributed by atoms with Crippen molar-refractivity contribution in [2.45, 2.75) is 13.0 Å². The van der Waals surface area contributed by atoms with Crippen molar-refractivity contribution >= 4 is 12.2 Å². The number of hydrogen-bond acceptors (Lipinski definition) is 4. The van der Waals surface area contributed by atoms with Crippen molar-refractivity contribution in [3.05, 3.63) is 36.4 Å². The van der Waals surface area contributed by atoms with Crippen LogP contribution in [0.2, 0.25) is 0 Å². The van der Waals surface area contributed by atoms with Crippen LogP contribution < -0.4 is 14.8 Å². The van der Waals surface area contributed by atoms with E-state index in [1.807, 2.05) is 0 Å². The molecule has 0 aliphatic rings. The number of hydrogen-bond donors (Lipinski definition) is 1. The summed E-state index contributed by atoms with van der Waals surface area (Å²) in [6, 6.07) is 4.75. The fourth-order valence-electron chi connectivity index (χ4n) is 1.42. The van der Waals surface area contributed by atoms with Crippen molar-refractivity contribution < 1.29 is 19.1 Å². The summed E-state index contributed by atoms with van der Waals surface area (Å²) in [5.74, 6) is 0.573. The first-order valence-corrected chi connectivity index (χ1v) is 5.80. The SMILES string of the molecule is C=CCNC(=O)C(C)Oc1ccc(C=O)cc1OC. The smallest absolute Gasteiger partial charge is 0.261 e. The minimum atomic E-state index is -0.670. The van der Waals surface area contributed by atoms with E-state index < -0.39 is 6.10 Å². The monoisotopic (exact) mass is 263 g/mol. The number of benzene rings is 1. The number of carbonyl (C=O) groups is 2. The summed E-state index contributed by atoms with van der Waals surface area (Å²) in [4.78, 5) is 22.3. The van der Waals surface area contributed by atoms with E-state index in [0.717, 1.165) is 0 Å². The van der Waals surface area contributed by atoms with Gasteiger partial charge in [-0.3, -0.25) is 9.59 Å². The molecule has 102 valence electrons. The highest BCUT2D eigenvalue weighted by Gasteiger charge is 2.16. The molecule has 0 radical (unpaired) electrons. The van der Waals surface area contributed by atoms with Gasteiger partial charge >= 0.3 is 0 Å². The van der Waals surface area contributed by atoms with E-state index in [0.29, 0.717) is 29.9 Å². The Balaban J connectivity index is 2.78. The fraction of sp³-hybridized carbons (Fsp3) is 0.286. The molecular weight excluding hydrogens is 246 g/mol. The van der Waals surface area contributed by atoms with Gasteiger partial charge in [0, 0.05) is 12.1 Å². The third-order valence-corrected chi connectivity index (χ3v) is 2.42. The highest BCUT2D eigenvalue weighted by Crippen LogP contribution is 2.28. The summed E-state index contributed by atoms with van der Waals surface area (Å²) < 4.78 is 10.6. The Morgan fingerprint density at radius 3 is 2.79 bits per heavy atom. The Kier molecular flexibility index (Phi) is 5.60. The van der Waals surface area contributed by atoms with E-state index in [9.17, 15) is 9.59 Å². The molecule has 0 saturated carbocycles. The molecule has 5 heteroatoms. The second-order valence-corrected chi connectivity index (χ2v) is 3.82. The molecule has 0 heterocycles. The molecule has 1 N–H and O–H groups in total. The van der Waals surface area contributed by atoms with Crippen LogP contribution in [0.3, 0.4) is 0 Å². The van der Waals surface area contributed by atoms with Crippen LogP contribution in [-0.2, 0) is 4.79 Å². The average Bonchev–Trinajstić information content (AvgIpc) is 2.44. The van der Waals surface area contributed by atoms with Gasteiger partial charge in [0.1, 0.15) is 6.29 Å². The van der Waals surface area contributed by atoms with Gasteiger partial charge < -0.3 is 14.8 Å². The first-order chi connectivity index (χ1) is 9.12. The minimum absolute atomic E-state index is 0.249. The molecule has 0 bridgehead atoms. The lowest BCUT2D eigenvalue weighted by molar-refractivity contribution is -0.127. The van der Waals surface area contributed by atoms with Gasteiger partial charge in [0.2, 0.25) is 0 Å². The molecule has 1 atom stereocenters. The predicted molar refractivity (Wildman–Crippen MR) is 71.7 cm³/mol. The Hall–Kier alpha value is -2.30. The number of ether oxygens (including phenoxy) is 2. The number of amides is 1. The van der Waals surface area contributed by atoms with Gasteiger partial charge in [-0.05, 0) is 25.1 Å². The standard InChI is InChI=1S/C14H17NO4/c1-4-7-15-14(17)10(2)19-12-6-5-11(9-16)8-13(12)18-3/h4-6,8-10H,1,7H2,2-3H3,(H,15,17). The Morgan fingerprint density at radius 2 is 2.21 bits per heavy atom. The van der Waals surface area contributed by atoms with Crippen molar-refractivity contribution in [2.75, 3.05) is 13.7 Å². The first kappa shape index (κ1) is 14.8. The summed E-state index contributed by atoms with van der Waals surface area (Å²) in [6.45, 7) is 5.53. The van der Waals surface area contributed by atoms with Gasteiger partial charge in [-0.1, -0.05) is 6.08 Å². The van der Waals surface area contributed by atoms with Gasteiger partial charge in [-0.25, -0.2) is 0 Å². The van der Waals surface area contributed by atoms with Crippen LogP contribution in [0.4, 0.5) is 0 Å². The largest absolute Gasteiger partial charge is 0.493 e. The van der Waals surface area contributed by atoms with Gasteiger partial charge in [0.25, 0.3) is 5.91 Å². The molecule has 1 aromatic rings. The van der Waals surface area contributed by atoms with E-state index >= 15 is 0 Å². The molecule has 1 unspecified atom stereocenters. The zero-order valence-electron chi connectivity index (χ0n) is 11.0. The number of aldehydes is 1. The predicted octanol–water partition coefficient (Wildman–Crippen LogP) is 1.58. The zero-order valence-corrected chi connectivity index (χ0v) is 11.0. The third-order valence-electron chi connectivity index (χ3n) is 2.42. The molecule has 0 aliphatic heterocycles. The van der Waals surface area contributed by atoms with Crippen LogP contribution in [0.15, 0.2) is 30.9 Å². The molecule has 1 amide bonds. The highest BCUT2D eigenvalue weighted by atomic mass is 16.5. The second-order valence-electron chi connectivity index (χ2n) is 3.82. The molecule has 1 aromatic carbocycles. The van der Waals surface area contributed by atoms with Crippen molar-refractivity contribution in [2.24, 2.45) is 0 Å². The maximum Gasteiger partial charge on any atom is 0.261 e. The van der Waals surface area contributed by atoms with Crippen molar-refractivity contribution in [1.82, 2.24) is 5.32 Å². The van der Waals surface area contributed by atoms with Crippen LogP contribution in [0.1, 0.15) is 17.3 Å². The topological polar surface area (TPSA) is 64.6 Å².